The molecule has 10 heteroatoms. The number of hydrogen-bond acceptors (Lipinski definition) is 6. The first kappa shape index (κ1) is 22.6. The molecule has 1 aliphatic carbocycles. The molecule has 0 spiro atoms. The number of pyridine rings is 1. The van der Waals surface area contributed by atoms with Gasteiger partial charge in [0.05, 0.1) is 29.4 Å². The topological polar surface area (TPSA) is 106 Å². The maximum Gasteiger partial charge on any atom is 0.418 e. The zero-order chi connectivity index (χ0) is 22.6. The number of nitriles is 1. The van der Waals surface area contributed by atoms with Gasteiger partial charge in [0.1, 0.15) is 11.1 Å². The van der Waals surface area contributed by atoms with Crippen molar-refractivity contribution in [1.82, 2.24) is 10.3 Å². The van der Waals surface area contributed by atoms with Crippen LogP contribution >= 0.6 is 11.8 Å². The van der Waals surface area contributed by atoms with Crippen molar-refractivity contribution in [3.8, 4) is 6.07 Å². The molecule has 0 aliphatic heterocycles. The summed E-state index contributed by atoms with van der Waals surface area (Å²) in [5, 5.41) is 21.8. The van der Waals surface area contributed by atoms with Crippen LogP contribution in [0.3, 0.4) is 0 Å². The van der Waals surface area contributed by atoms with E-state index in [9.17, 15) is 33.1 Å². The number of nitrogens with one attached hydrogen (secondary N) is 1. The zero-order valence-electron chi connectivity index (χ0n) is 16.2. The van der Waals surface area contributed by atoms with Gasteiger partial charge in [0, 0.05) is 5.69 Å². The van der Waals surface area contributed by atoms with Crippen LogP contribution in [0.15, 0.2) is 35.4 Å². The summed E-state index contributed by atoms with van der Waals surface area (Å²) in [7, 11) is 0. The lowest BCUT2D eigenvalue weighted by Gasteiger charge is -2.28. The third-order valence-corrected chi connectivity index (χ3v) is 5.94. The molecule has 1 N–H and O–H groups in total. The number of carboxylic acid groups (broad SMARTS) is 1. The van der Waals surface area contributed by atoms with Gasteiger partial charge in [0.15, 0.2) is 0 Å². The van der Waals surface area contributed by atoms with Crippen molar-refractivity contribution in [1.29, 1.82) is 5.26 Å². The molecular formula is C21H17F3N3O3S-. The van der Waals surface area contributed by atoms with E-state index in [1.807, 2.05) is 30.3 Å². The van der Waals surface area contributed by atoms with Gasteiger partial charge < -0.3 is 15.2 Å². The van der Waals surface area contributed by atoms with Crippen LogP contribution in [0, 0.1) is 11.3 Å². The Morgan fingerprint density at radius 1 is 1.29 bits per heavy atom. The van der Waals surface area contributed by atoms with Crippen molar-refractivity contribution in [2.24, 2.45) is 0 Å². The second kappa shape index (κ2) is 9.39. The van der Waals surface area contributed by atoms with Crippen LogP contribution < -0.4 is 10.4 Å². The number of aryl methyl sites for hydroxylation is 1. The van der Waals surface area contributed by atoms with Crippen LogP contribution in [0.1, 0.15) is 40.3 Å². The van der Waals surface area contributed by atoms with Crippen molar-refractivity contribution in [2.45, 2.75) is 36.4 Å². The fourth-order valence-electron chi connectivity index (χ4n) is 3.62. The number of aliphatic carboxylic acids is 1. The summed E-state index contributed by atoms with van der Waals surface area (Å²) in [6.45, 7) is -0.712. The molecule has 0 saturated heterocycles. The molecule has 3 rings (SSSR count). The quantitative estimate of drug-likeness (QED) is 0.680. The van der Waals surface area contributed by atoms with Crippen LogP contribution in [-0.2, 0) is 28.6 Å². The molecule has 1 aliphatic rings. The average molecular weight is 448 g/mol. The Kier molecular flexibility index (Phi) is 6.85. The van der Waals surface area contributed by atoms with Gasteiger partial charge in [0.25, 0.3) is 0 Å². The predicted octanol–water partition coefficient (Wildman–Crippen LogP) is 2.20. The largest absolute Gasteiger partial charge is 0.548 e. The van der Waals surface area contributed by atoms with E-state index in [0.29, 0.717) is 24.6 Å². The standard InChI is InChI=1S/C21H18F3N3O3S/c22-21(23,24)19-14-8-13(12-4-2-1-3-5-12)6-7-16(14)27-20(15(19)9-25)31-11-17(28)26-10-18(29)30/h1-5,13H,6-8,10-11H2,(H,26,28)(H,29,30)/p-1/t13-/m0/s1. The van der Waals surface area contributed by atoms with Crippen LogP contribution in [0.5, 0.6) is 0 Å². The third kappa shape index (κ3) is 5.35. The lowest BCUT2D eigenvalue weighted by atomic mass is 9.79. The number of alkyl halides is 3. The summed E-state index contributed by atoms with van der Waals surface area (Å²) < 4.78 is 42.0. The molecule has 0 radical (unpaired) electrons. The normalized spacial score (nSPS) is 15.6. The first-order chi connectivity index (χ1) is 14.7. The fraction of sp³-hybridized carbons (Fsp3) is 0.333. The number of nitrogens with zero attached hydrogens (tertiary/aromatic N) is 2. The first-order valence-corrected chi connectivity index (χ1v) is 10.4. The molecule has 1 amide bonds. The van der Waals surface area contributed by atoms with E-state index in [1.165, 1.54) is 0 Å². The number of fused-ring (bicyclic) bond motifs is 1. The molecule has 2 aromatic rings. The number of hydrogen-bond donors (Lipinski definition) is 1. The molecule has 1 aromatic carbocycles. The fourth-order valence-corrected chi connectivity index (χ4v) is 4.46. The van der Waals surface area contributed by atoms with Crippen molar-refractivity contribution >= 4 is 23.6 Å². The van der Waals surface area contributed by atoms with E-state index in [4.69, 9.17) is 0 Å². The number of carbonyl (C=O) groups excluding carboxylic acids is 2. The van der Waals surface area contributed by atoms with Gasteiger partial charge in [-0.05, 0) is 36.3 Å². The van der Waals surface area contributed by atoms with Gasteiger partial charge in [-0.3, -0.25) is 4.79 Å². The maximum absolute atomic E-state index is 14.0. The van der Waals surface area contributed by atoms with E-state index >= 15 is 0 Å². The Hall–Kier alpha value is -3.06. The SMILES string of the molecule is N#Cc1c(SCC(=O)NCC(=O)[O-])nc2c(c1C(F)(F)F)C[C@@H](c1ccccc1)CC2. The van der Waals surface area contributed by atoms with Gasteiger partial charge in [-0.15, -0.1) is 0 Å². The number of carbonyl (C=O) groups is 2. The lowest BCUT2D eigenvalue weighted by Crippen LogP contribution is -2.38. The third-order valence-electron chi connectivity index (χ3n) is 4.97. The summed E-state index contributed by atoms with van der Waals surface area (Å²) in [5.74, 6) is -2.69. The second-order valence-corrected chi connectivity index (χ2v) is 7.95. The number of rotatable bonds is 6. The number of benzene rings is 1. The van der Waals surface area contributed by atoms with Crippen molar-refractivity contribution in [3.05, 3.63) is 58.3 Å². The highest BCUT2D eigenvalue weighted by molar-refractivity contribution is 8.00. The molecule has 1 heterocycles. The highest BCUT2D eigenvalue weighted by Crippen LogP contribution is 2.43. The van der Waals surface area contributed by atoms with Gasteiger partial charge in [-0.25, -0.2) is 4.98 Å². The number of thioether (sulfide) groups is 1. The van der Waals surface area contributed by atoms with Gasteiger partial charge >= 0.3 is 6.18 Å². The van der Waals surface area contributed by atoms with E-state index in [-0.39, 0.29) is 34.4 Å². The van der Waals surface area contributed by atoms with E-state index in [1.54, 1.807) is 6.07 Å². The molecule has 0 fully saturated rings. The smallest absolute Gasteiger partial charge is 0.418 e. The zero-order valence-corrected chi connectivity index (χ0v) is 17.0. The van der Waals surface area contributed by atoms with E-state index in [0.717, 1.165) is 5.56 Å². The molecule has 31 heavy (non-hydrogen) atoms. The molecular weight excluding hydrogens is 431 g/mol. The first-order valence-electron chi connectivity index (χ1n) is 9.38. The highest BCUT2D eigenvalue weighted by Gasteiger charge is 2.41. The number of carboxylic acids is 1. The van der Waals surface area contributed by atoms with Gasteiger partial charge in [-0.2, -0.15) is 18.4 Å². The summed E-state index contributed by atoms with van der Waals surface area (Å²) in [4.78, 5) is 26.4. The maximum atomic E-state index is 14.0. The van der Waals surface area contributed by atoms with E-state index < -0.39 is 35.7 Å². The molecule has 0 saturated carbocycles. The summed E-state index contributed by atoms with van der Waals surface area (Å²) >= 11 is 0.673. The minimum atomic E-state index is -4.76. The Balaban J connectivity index is 1.95. The Morgan fingerprint density at radius 2 is 2.00 bits per heavy atom. The minimum absolute atomic E-state index is 0.0231. The Morgan fingerprint density at radius 3 is 2.61 bits per heavy atom. The molecule has 1 aromatic heterocycles. The Labute approximate surface area is 180 Å². The van der Waals surface area contributed by atoms with E-state index in [2.05, 4.69) is 10.3 Å². The lowest BCUT2D eigenvalue weighted by molar-refractivity contribution is -0.304. The van der Waals surface area contributed by atoms with Gasteiger partial charge in [0.2, 0.25) is 5.91 Å². The van der Waals surface area contributed by atoms with Crippen LogP contribution in [0.2, 0.25) is 0 Å². The van der Waals surface area contributed by atoms with Crippen molar-refractivity contribution in [3.63, 3.8) is 0 Å². The molecule has 0 bridgehead atoms. The van der Waals surface area contributed by atoms with Crippen LogP contribution in [-0.4, -0.2) is 29.2 Å². The average Bonchev–Trinajstić information content (AvgIpc) is 2.74. The minimum Gasteiger partial charge on any atom is -0.548 e. The molecule has 162 valence electrons. The summed E-state index contributed by atoms with van der Waals surface area (Å²) in [5.41, 5.74) is -0.384. The number of halogens is 3. The summed E-state index contributed by atoms with van der Waals surface area (Å²) in [6.07, 6.45) is -3.71. The predicted molar refractivity (Wildman–Crippen MR) is 104 cm³/mol. The molecule has 6 nitrogen and oxygen atoms in total. The molecule has 1 atom stereocenters. The highest BCUT2D eigenvalue weighted by atomic mass is 32.2. The Bertz CT molecular complexity index is 1040. The monoisotopic (exact) mass is 448 g/mol. The number of aromatic nitrogens is 1. The number of amides is 1. The summed E-state index contributed by atoms with van der Waals surface area (Å²) in [6, 6.07) is 10.9. The second-order valence-electron chi connectivity index (χ2n) is 6.99. The van der Waals surface area contributed by atoms with Crippen molar-refractivity contribution in [2.75, 3.05) is 12.3 Å². The molecule has 0 unspecified atom stereocenters. The van der Waals surface area contributed by atoms with Crippen LogP contribution in [0.25, 0.3) is 0 Å². The van der Waals surface area contributed by atoms with Crippen LogP contribution in [0.4, 0.5) is 13.2 Å². The van der Waals surface area contributed by atoms with Crippen molar-refractivity contribution < 1.29 is 27.9 Å². The van der Waals surface area contributed by atoms with Gasteiger partial charge in [-0.1, -0.05) is 42.1 Å².